The lowest BCUT2D eigenvalue weighted by atomic mass is 9.97. The van der Waals surface area contributed by atoms with Crippen LogP contribution >= 0.6 is 11.3 Å². The summed E-state index contributed by atoms with van der Waals surface area (Å²) in [5, 5.41) is 5.99. The highest BCUT2D eigenvalue weighted by Gasteiger charge is 2.27. The lowest BCUT2D eigenvalue weighted by molar-refractivity contribution is -0.124. The Morgan fingerprint density at radius 3 is 2.79 bits per heavy atom. The highest BCUT2D eigenvalue weighted by Crippen LogP contribution is 2.30. The summed E-state index contributed by atoms with van der Waals surface area (Å²) in [5.41, 5.74) is 4.01. The molecule has 1 N–H and O–H groups in total. The summed E-state index contributed by atoms with van der Waals surface area (Å²) < 4.78 is 0. The van der Waals surface area contributed by atoms with E-state index in [0.29, 0.717) is 13.1 Å². The van der Waals surface area contributed by atoms with E-state index in [0.717, 1.165) is 41.2 Å². The fraction of sp³-hybridized carbons (Fsp3) is 0.500. The maximum atomic E-state index is 12.9. The Labute approximate surface area is 171 Å². The Bertz CT molecular complexity index is 859. The Morgan fingerprint density at radius 1 is 1.29 bits per heavy atom. The van der Waals surface area contributed by atoms with Crippen LogP contribution in [0.15, 0.2) is 23.6 Å². The van der Waals surface area contributed by atoms with Crippen LogP contribution in [0.3, 0.4) is 0 Å². The van der Waals surface area contributed by atoms with E-state index in [4.69, 9.17) is 4.98 Å². The molecule has 2 aromatic rings. The number of rotatable bonds is 5. The summed E-state index contributed by atoms with van der Waals surface area (Å²) in [4.78, 5) is 31.4. The van der Waals surface area contributed by atoms with Gasteiger partial charge < -0.3 is 10.2 Å². The molecule has 1 fully saturated rings. The quantitative estimate of drug-likeness (QED) is 0.825. The normalized spacial score (nSPS) is 17.0. The second-order valence-electron chi connectivity index (χ2n) is 7.94. The van der Waals surface area contributed by atoms with Gasteiger partial charge in [-0.05, 0) is 49.9 Å². The van der Waals surface area contributed by atoms with E-state index in [-0.39, 0.29) is 23.7 Å². The van der Waals surface area contributed by atoms with Crippen LogP contribution in [0, 0.1) is 19.8 Å². The zero-order valence-corrected chi connectivity index (χ0v) is 17.9. The molecule has 2 heterocycles. The average Bonchev–Trinajstić information content (AvgIpc) is 3.16. The van der Waals surface area contributed by atoms with Crippen molar-refractivity contribution in [1.29, 1.82) is 0 Å². The number of nitrogens with one attached hydrogen (secondary N) is 1. The van der Waals surface area contributed by atoms with Crippen LogP contribution in [0.5, 0.6) is 0 Å². The van der Waals surface area contributed by atoms with Crippen molar-refractivity contribution in [1.82, 2.24) is 15.2 Å². The predicted molar refractivity (Wildman–Crippen MR) is 113 cm³/mol. The van der Waals surface area contributed by atoms with Crippen LogP contribution in [-0.4, -0.2) is 34.8 Å². The molecular weight excluding hydrogens is 370 g/mol. The van der Waals surface area contributed by atoms with Crippen molar-refractivity contribution in [2.45, 2.75) is 53.0 Å². The Kier molecular flexibility index (Phi) is 6.50. The van der Waals surface area contributed by atoms with Gasteiger partial charge in [0.1, 0.15) is 0 Å². The first kappa shape index (κ1) is 20.5. The number of piperidine rings is 1. The van der Waals surface area contributed by atoms with Crippen LogP contribution in [0.2, 0.25) is 0 Å². The van der Waals surface area contributed by atoms with Gasteiger partial charge in [-0.2, -0.15) is 0 Å². The Balaban J connectivity index is 1.64. The van der Waals surface area contributed by atoms with Gasteiger partial charge in [-0.1, -0.05) is 19.9 Å². The average molecular weight is 400 g/mol. The number of hydrogen-bond donors (Lipinski definition) is 1. The molecule has 1 aromatic heterocycles. The minimum Gasteiger partial charge on any atom is -0.350 e. The molecule has 1 aliphatic heterocycles. The largest absolute Gasteiger partial charge is 0.350 e. The van der Waals surface area contributed by atoms with Gasteiger partial charge in [0.25, 0.3) is 5.91 Å². The van der Waals surface area contributed by atoms with Gasteiger partial charge in [0.05, 0.1) is 17.2 Å². The van der Waals surface area contributed by atoms with Crippen LogP contribution < -0.4 is 5.32 Å². The van der Waals surface area contributed by atoms with Crippen molar-refractivity contribution in [2.75, 3.05) is 13.1 Å². The Morgan fingerprint density at radius 2 is 2.07 bits per heavy atom. The van der Waals surface area contributed by atoms with Gasteiger partial charge in [-0.3, -0.25) is 9.59 Å². The maximum Gasteiger partial charge on any atom is 0.253 e. The molecular formula is C22H29N3O2S. The molecule has 1 saturated heterocycles. The van der Waals surface area contributed by atoms with Gasteiger partial charge in [0.15, 0.2) is 0 Å². The second kappa shape index (κ2) is 8.86. The maximum absolute atomic E-state index is 12.9. The van der Waals surface area contributed by atoms with E-state index in [9.17, 15) is 9.59 Å². The van der Waals surface area contributed by atoms with Crippen molar-refractivity contribution in [3.8, 4) is 0 Å². The number of aromatic nitrogens is 1. The van der Waals surface area contributed by atoms with Crippen molar-refractivity contribution in [3.05, 3.63) is 51.0 Å². The number of amides is 2. The lowest BCUT2D eigenvalue weighted by Crippen LogP contribution is -2.39. The Hall–Kier alpha value is -2.21. The molecule has 0 unspecified atom stereocenters. The van der Waals surface area contributed by atoms with Crippen LogP contribution in [-0.2, 0) is 11.3 Å². The lowest BCUT2D eigenvalue weighted by Gasteiger charge is -2.32. The third kappa shape index (κ3) is 4.79. The molecule has 1 aliphatic rings. The van der Waals surface area contributed by atoms with Crippen LogP contribution in [0.25, 0.3) is 0 Å². The van der Waals surface area contributed by atoms with E-state index in [1.54, 1.807) is 11.3 Å². The highest BCUT2D eigenvalue weighted by atomic mass is 32.1. The number of hydrogen-bond acceptors (Lipinski definition) is 4. The van der Waals surface area contributed by atoms with Crippen LogP contribution in [0.1, 0.15) is 64.8 Å². The van der Waals surface area contributed by atoms with Gasteiger partial charge in [0.2, 0.25) is 5.91 Å². The SMILES string of the molecule is Cc1ccc(C(=O)N2CCC[C@@H](c3nc(CNC(=O)C(C)C)cs3)C2)cc1C. The van der Waals surface area contributed by atoms with Gasteiger partial charge >= 0.3 is 0 Å². The topological polar surface area (TPSA) is 62.3 Å². The first-order valence-electron chi connectivity index (χ1n) is 9.93. The zero-order valence-electron chi connectivity index (χ0n) is 17.1. The van der Waals surface area contributed by atoms with E-state index < -0.39 is 0 Å². The molecule has 1 atom stereocenters. The summed E-state index contributed by atoms with van der Waals surface area (Å²) in [6.07, 6.45) is 2.03. The third-order valence-electron chi connectivity index (χ3n) is 5.35. The van der Waals surface area contributed by atoms with Gasteiger partial charge in [-0.25, -0.2) is 4.98 Å². The number of carbonyl (C=O) groups excluding carboxylic acids is 2. The number of nitrogens with zero attached hydrogens (tertiary/aromatic N) is 2. The summed E-state index contributed by atoms with van der Waals surface area (Å²) in [6, 6.07) is 5.93. The molecule has 0 saturated carbocycles. The van der Waals surface area contributed by atoms with E-state index in [1.807, 2.05) is 49.3 Å². The fourth-order valence-corrected chi connectivity index (χ4v) is 4.34. The number of carbonyl (C=O) groups is 2. The molecule has 2 amide bonds. The van der Waals surface area contributed by atoms with E-state index >= 15 is 0 Å². The van der Waals surface area contributed by atoms with Crippen molar-refractivity contribution >= 4 is 23.2 Å². The fourth-order valence-electron chi connectivity index (χ4n) is 3.39. The molecule has 0 radical (unpaired) electrons. The number of likely N-dealkylation sites (tertiary alicyclic amines) is 1. The molecule has 0 bridgehead atoms. The molecule has 3 rings (SSSR count). The predicted octanol–water partition coefficient (Wildman–Crippen LogP) is 4.05. The van der Waals surface area contributed by atoms with Crippen LogP contribution in [0.4, 0.5) is 0 Å². The minimum absolute atomic E-state index is 0.0265. The smallest absolute Gasteiger partial charge is 0.253 e. The highest BCUT2D eigenvalue weighted by molar-refractivity contribution is 7.09. The number of benzene rings is 1. The molecule has 28 heavy (non-hydrogen) atoms. The first-order valence-corrected chi connectivity index (χ1v) is 10.8. The van der Waals surface area contributed by atoms with Gasteiger partial charge in [0, 0.05) is 35.9 Å². The van der Waals surface area contributed by atoms with E-state index in [2.05, 4.69) is 12.2 Å². The molecule has 6 heteroatoms. The summed E-state index contributed by atoms with van der Waals surface area (Å²) in [7, 11) is 0. The first-order chi connectivity index (χ1) is 13.3. The zero-order chi connectivity index (χ0) is 20.3. The summed E-state index contributed by atoms with van der Waals surface area (Å²) in [6.45, 7) is 9.83. The minimum atomic E-state index is -0.0265. The molecule has 0 aliphatic carbocycles. The molecule has 0 spiro atoms. The third-order valence-corrected chi connectivity index (χ3v) is 6.41. The monoisotopic (exact) mass is 399 g/mol. The second-order valence-corrected chi connectivity index (χ2v) is 8.83. The van der Waals surface area contributed by atoms with E-state index in [1.165, 1.54) is 5.56 Å². The van der Waals surface area contributed by atoms with Crippen molar-refractivity contribution in [3.63, 3.8) is 0 Å². The number of thiazole rings is 1. The number of aryl methyl sites for hydroxylation is 2. The van der Waals surface area contributed by atoms with Gasteiger partial charge in [-0.15, -0.1) is 11.3 Å². The molecule has 1 aromatic carbocycles. The van der Waals surface area contributed by atoms with Crippen molar-refractivity contribution in [2.24, 2.45) is 5.92 Å². The summed E-state index contributed by atoms with van der Waals surface area (Å²) >= 11 is 1.63. The molecule has 150 valence electrons. The summed E-state index contributed by atoms with van der Waals surface area (Å²) in [5.74, 6) is 0.386. The van der Waals surface area contributed by atoms with Crippen molar-refractivity contribution < 1.29 is 9.59 Å². The molecule has 5 nitrogen and oxygen atoms in total. The standard InChI is InChI=1S/C22H29N3O2S/c1-14(2)20(26)23-11-19-13-28-21(24-19)18-6-5-9-25(12-18)22(27)17-8-7-15(3)16(4)10-17/h7-8,10,13-14,18H,5-6,9,11-12H2,1-4H3,(H,23,26)/t18-/m1/s1.